The molecule has 0 spiro atoms. The van der Waals surface area contributed by atoms with Crippen LogP contribution < -0.4 is 5.73 Å². The van der Waals surface area contributed by atoms with Gasteiger partial charge in [-0.05, 0) is 38.5 Å². The Balaban J connectivity index is 2.41. The molecule has 0 aliphatic carbocycles. The summed E-state index contributed by atoms with van der Waals surface area (Å²) in [4.78, 5) is 12.0. The van der Waals surface area contributed by atoms with Gasteiger partial charge in [-0.15, -0.1) is 0 Å². The normalized spacial score (nSPS) is 11.5. The summed E-state index contributed by atoms with van der Waals surface area (Å²) >= 11 is 0. The van der Waals surface area contributed by atoms with Gasteiger partial charge in [0.05, 0.1) is 11.7 Å². The van der Waals surface area contributed by atoms with Crippen molar-refractivity contribution in [3.05, 3.63) is 36.5 Å². The van der Waals surface area contributed by atoms with Gasteiger partial charge in [-0.2, -0.15) is 9.78 Å². The summed E-state index contributed by atoms with van der Waals surface area (Å²) in [5.74, 6) is 0. The van der Waals surface area contributed by atoms with Crippen molar-refractivity contribution >= 4 is 22.7 Å². The average molecular weight is 259 g/mol. The van der Waals surface area contributed by atoms with Crippen LogP contribution in [0, 0.1) is 0 Å². The van der Waals surface area contributed by atoms with Crippen molar-refractivity contribution in [2.24, 2.45) is 5.73 Å². The largest absolute Gasteiger partial charge is 0.442 e. The second-order valence-corrected chi connectivity index (χ2v) is 5.34. The molecule has 5 nitrogen and oxygen atoms in total. The summed E-state index contributed by atoms with van der Waals surface area (Å²) in [6, 6.07) is 5.42. The van der Waals surface area contributed by atoms with Gasteiger partial charge in [-0.1, -0.05) is 12.6 Å². The van der Waals surface area contributed by atoms with Crippen LogP contribution in [0.1, 0.15) is 26.3 Å². The number of fused-ring (bicyclic) bond motifs is 1. The van der Waals surface area contributed by atoms with Gasteiger partial charge in [0.25, 0.3) is 0 Å². The molecular formula is C14H17N3O2. The molecule has 2 N–H and O–H groups in total. The molecule has 0 aliphatic heterocycles. The predicted molar refractivity (Wildman–Crippen MR) is 74.6 cm³/mol. The van der Waals surface area contributed by atoms with Gasteiger partial charge in [-0.3, -0.25) is 0 Å². The number of carbonyl (C=O) groups excluding carboxylic acids is 1. The standard InChI is InChI=1S/C14H17N3O2/c1-9(15)10-5-6-12-11(7-10)8-16-17(12)13(18)19-14(2,3)4/h5-8H,1,15H2,2-4H3. The van der Waals surface area contributed by atoms with E-state index in [9.17, 15) is 4.79 Å². The van der Waals surface area contributed by atoms with Crippen molar-refractivity contribution in [3.8, 4) is 0 Å². The Labute approximate surface area is 111 Å². The molecule has 0 aliphatic rings. The van der Waals surface area contributed by atoms with E-state index >= 15 is 0 Å². The summed E-state index contributed by atoms with van der Waals surface area (Å²) in [6.45, 7) is 9.12. The minimum Gasteiger partial charge on any atom is -0.442 e. The third kappa shape index (κ3) is 2.76. The average Bonchev–Trinajstić information content (AvgIpc) is 2.68. The van der Waals surface area contributed by atoms with E-state index in [0.29, 0.717) is 11.2 Å². The molecule has 19 heavy (non-hydrogen) atoms. The lowest BCUT2D eigenvalue weighted by atomic mass is 10.1. The van der Waals surface area contributed by atoms with Gasteiger partial charge in [0, 0.05) is 11.1 Å². The molecule has 1 aromatic heterocycles. The molecule has 2 rings (SSSR count). The molecule has 0 fully saturated rings. The topological polar surface area (TPSA) is 70.1 Å². The lowest BCUT2D eigenvalue weighted by Gasteiger charge is -2.19. The van der Waals surface area contributed by atoms with Crippen LogP contribution >= 0.6 is 0 Å². The molecule has 100 valence electrons. The van der Waals surface area contributed by atoms with E-state index in [2.05, 4.69) is 11.7 Å². The molecular weight excluding hydrogens is 242 g/mol. The first kappa shape index (κ1) is 13.1. The van der Waals surface area contributed by atoms with Crippen LogP contribution in [-0.4, -0.2) is 21.5 Å². The fourth-order valence-electron chi connectivity index (χ4n) is 1.68. The Bertz CT molecular complexity index is 650. The first-order chi connectivity index (χ1) is 8.78. The maximum atomic E-state index is 12.0. The zero-order chi connectivity index (χ0) is 14.2. The minimum absolute atomic E-state index is 0.479. The SMILES string of the molecule is C=C(N)c1ccc2c(cnn2C(=O)OC(C)(C)C)c1. The Morgan fingerprint density at radius 3 is 2.68 bits per heavy atom. The summed E-state index contributed by atoms with van der Waals surface area (Å²) in [5.41, 5.74) is 7.06. The highest BCUT2D eigenvalue weighted by molar-refractivity contribution is 5.89. The number of benzene rings is 1. The van der Waals surface area contributed by atoms with E-state index in [4.69, 9.17) is 10.5 Å². The Morgan fingerprint density at radius 1 is 1.42 bits per heavy atom. The Kier molecular flexibility index (Phi) is 3.06. The first-order valence-corrected chi connectivity index (χ1v) is 5.94. The first-order valence-electron chi connectivity index (χ1n) is 5.94. The fraction of sp³-hybridized carbons (Fsp3) is 0.286. The third-order valence-corrected chi connectivity index (χ3v) is 2.51. The summed E-state index contributed by atoms with van der Waals surface area (Å²) in [7, 11) is 0. The van der Waals surface area contributed by atoms with Gasteiger partial charge in [-0.25, -0.2) is 4.79 Å². The molecule has 0 saturated carbocycles. The molecule has 1 aromatic carbocycles. The number of rotatable bonds is 1. The molecule has 0 saturated heterocycles. The van der Waals surface area contributed by atoms with Crippen molar-refractivity contribution in [1.29, 1.82) is 0 Å². The Morgan fingerprint density at radius 2 is 2.11 bits per heavy atom. The van der Waals surface area contributed by atoms with E-state index in [1.165, 1.54) is 4.68 Å². The van der Waals surface area contributed by atoms with Crippen molar-refractivity contribution in [2.45, 2.75) is 26.4 Å². The monoisotopic (exact) mass is 259 g/mol. The number of nitrogens with zero attached hydrogens (tertiary/aromatic N) is 2. The second kappa shape index (κ2) is 4.42. The van der Waals surface area contributed by atoms with Gasteiger partial charge in [0.2, 0.25) is 0 Å². The van der Waals surface area contributed by atoms with Crippen LogP contribution in [0.2, 0.25) is 0 Å². The van der Waals surface area contributed by atoms with E-state index in [-0.39, 0.29) is 0 Å². The number of ether oxygens (including phenoxy) is 1. The van der Waals surface area contributed by atoms with Crippen LogP contribution in [0.3, 0.4) is 0 Å². The van der Waals surface area contributed by atoms with E-state index in [1.807, 2.05) is 26.8 Å². The van der Waals surface area contributed by atoms with Crippen LogP contribution in [0.5, 0.6) is 0 Å². The summed E-state index contributed by atoms with van der Waals surface area (Å²) in [5, 5.41) is 4.87. The third-order valence-electron chi connectivity index (χ3n) is 2.51. The molecule has 5 heteroatoms. The highest BCUT2D eigenvalue weighted by Crippen LogP contribution is 2.19. The molecule has 0 radical (unpaired) electrons. The lowest BCUT2D eigenvalue weighted by molar-refractivity contribution is 0.0523. The highest BCUT2D eigenvalue weighted by atomic mass is 16.6. The maximum Gasteiger partial charge on any atom is 0.435 e. The van der Waals surface area contributed by atoms with Crippen molar-refractivity contribution in [2.75, 3.05) is 0 Å². The number of nitrogens with two attached hydrogens (primary N) is 1. The molecule has 0 unspecified atom stereocenters. The zero-order valence-corrected chi connectivity index (χ0v) is 11.3. The predicted octanol–water partition coefficient (Wildman–Crippen LogP) is 2.75. The minimum atomic E-state index is -0.555. The highest BCUT2D eigenvalue weighted by Gasteiger charge is 2.20. The quantitative estimate of drug-likeness (QED) is 0.854. The number of hydrogen-bond acceptors (Lipinski definition) is 4. The van der Waals surface area contributed by atoms with Gasteiger partial charge in [0.1, 0.15) is 5.60 Å². The fourth-order valence-corrected chi connectivity index (χ4v) is 1.68. The lowest BCUT2D eigenvalue weighted by Crippen LogP contribution is -2.27. The van der Waals surface area contributed by atoms with Crippen LogP contribution in [-0.2, 0) is 4.74 Å². The van der Waals surface area contributed by atoms with Crippen molar-refractivity contribution in [3.63, 3.8) is 0 Å². The maximum absolute atomic E-state index is 12.0. The van der Waals surface area contributed by atoms with Crippen molar-refractivity contribution in [1.82, 2.24) is 9.78 Å². The molecule has 0 amide bonds. The number of hydrogen-bond donors (Lipinski definition) is 1. The van der Waals surface area contributed by atoms with Gasteiger partial charge < -0.3 is 10.5 Å². The van der Waals surface area contributed by atoms with E-state index < -0.39 is 11.7 Å². The number of carbonyl (C=O) groups is 1. The molecule has 1 heterocycles. The molecule has 2 aromatic rings. The summed E-state index contributed by atoms with van der Waals surface area (Å²) in [6.07, 6.45) is 1.10. The van der Waals surface area contributed by atoms with Gasteiger partial charge in [0.15, 0.2) is 0 Å². The Hall–Kier alpha value is -2.30. The molecule has 0 atom stereocenters. The van der Waals surface area contributed by atoms with Crippen molar-refractivity contribution < 1.29 is 9.53 Å². The smallest absolute Gasteiger partial charge is 0.435 e. The second-order valence-electron chi connectivity index (χ2n) is 5.34. The van der Waals surface area contributed by atoms with Crippen LogP contribution in [0.15, 0.2) is 31.0 Å². The van der Waals surface area contributed by atoms with E-state index in [0.717, 1.165) is 10.9 Å². The van der Waals surface area contributed by atoms with Gasteiger partial charge >= 0.3 is 6.09 Å². The molecule has 0 bridgehead atoms. The van der Waals surface area contributed by atoms with E-state index in [1.54, 1.807) is 18.3 Å². The van der Waals surface area contributed by atoms with Crippen LogP contribution in [0.4, 0.5) is 4.79 Å². The summed E-state index contributed by atoms with van der Waals surface area (Å²) < 4.78 is 6.53. The number of aromatic nitrogens is 2. The van der Waals surface area contributed by atoms with Crippen LogP contribution in [0.25, 0.3) is 16.6 Å². The zero-order valence-electron chi connectivity index (χ0n) is 11.3.